The summed E-state index contributed by atoms with van der Waals surface area (Å²) in [5, 5.41) is 0. The van der Waals surface area contributed by atoms with Crippen molar-refractivity contribution in [1.29, 1.82) is 0 Å². The summed E-state index contributed by atoms with van der Waals surface area (Å²) in [6.45, 7) is 6.84. The molecule has 0 saturated carbocycles. The molecule has 4 rings (SSSR count). The Bertz CT molecular complexity index is 555. The van der Waals surface area contributed by atoms with E-state index in [1.165, 1.54) is 31.7 Å². The third kappa shape index (κ3) is 2.87. The van der Waals surface area contributed by atoms with Crippen LogP contribution >= 0.6 is 0 Å². The van der Waals surface area contributed by atoms with Crippen molar-refractivity contribution in [2.75, 3.05) is 26.2 Å². The van der Waals surface area contributed by atoms with Crippen LogP contribution in [0, 0.1) is 11.8 Å². The quantitative estimate of drug-likeness (QED) is 0.861. The van der Waals surface area contributed by atoms with E-state index in [4.69, 9.17) is 4.42 Å². The van der Waals surface area contributed by atoms with Gasteiger partial charge in [-0.25, -0.2) is 0 Å². The smallest absolute Gasteiger partial charge is 0.117 e. The fourth-order valence-electron chi connectivity index (χ4n) is 3.82. The van der Waals surface area contributed by atoms with Crippen molar-refractivity contribution in [1.82, 2.24) is 14.8 Å². The Morgan fingerprint density at radius 3 is 2.38 bits per heavy atom. The number of hydrogen-bond donors (Lipinski definition) is 0. The van der Waals surface area contributed by atoms with Gasteiger partial charge in [0.2, 0.25) is 0 Å². The molecular weight excluding hydrogens is 262 g/mol. The van der Waals surface area contributed by atoms with E-state index in [1.54, 1.807) is 6.26 Å². The van der Waals surface area contributed by atoms with E-state index >= 15 is 0 Å². The van der Waals surface area contributed by atoms with Crippen LogP contribution in [0.1, 0.15) is 11.3 Å². The van der Waals surface area contributed by atoms with Crippen LogP contribution in [-0.4, -0.2) is 41.0 Å². The molecule has 0 aromatic carbocycles. The second-order valence-corrected chi connectivity index (χ2v) is 6.35. The molecule has 0 radical (unpaired) electrons. The standard InChI is InChI=1S/C17H21N3O/c1-3-14(7-18-5-1)8-19-9-15-11-20(12-16(15)10-19)13-17-4-2-6-21-17/h1-7,15-16H,8-13H2. The maximum absolute atomic E-state index is 5.46. The molecule has 110 valence electrons. The lowest BCUT2D eigenvalue weighted by Crippen LogP contribution is -2.28. The van der Waals surface area contributed by atoms with E-state index in [2.05, 4.69) is 26.9 Å². The first-order valence-electron chi connectivity index (χ1n) is 7.73. The highest BCUT2D eigenvalue weighted by atomic mass is 16.3. The van der Waals surface area contributed by atoms with Gasteiger partial charge >= 0.3 is 0 Å². The molecule has 4 nitrogen and oxygen atoms in total. The lowest BCUT2D eigenvalue weighted by molar-refractivity contribution is 0.234. The minimum absolute atomic E-state index is 0.816. The van der Waals surface area contributed by atoms with Crippen LogP contribution in [0.3, 0.4) is 0 Å². The molecule has 2 atom stereocenters. The highest BCUT2D eigenvalue weighted by Crippen LogP contribution is 2.32. The van der Waals surface area contributed by atoms with Crippen LogP contribution in [0.2, 0.25) is 0 Å². The van der Waals surface area contributed by atoms with Crippen molar-refractivity contribution < 1.29 is 4.42 Å². The second kappa shape index (κ2) is 5.62. The first-order chi connectivity index (χ1) is 10.4. The molecule has 4 heteroatoms. The molecule has 0 aliphatic carbocycles. The van der Waals surface area contributed by atoms with E-state index in [0.29, 0.717) is 0 Å². The van der Waals surface area contributed by atoms with E-state index in [9.17, 15) is 0 Å². The molecule has 2 saturated heterocycles. The fraction of sp³-hybridized carbons (Fsp3) is 0.471. The van der Waals surface area contributed by atoms with Gasteiger partial charge in [-0.15, -0.1) is 0 Å². The SMILES string of the molecule is c1cncc(CN2CC3CN(Cc4ccco4)CC3C2)c1. The first kappa shape index (κ1) is 13.0. The predicted molar refractivity (Wildman–Crippen MR) is 80.5 cm³/mol. The number of furan rings is 1. The Morgan fingerprint density at radius 1 is 1.00 bits per heavy atom. The number of pyridine rings is 1. The van der Waals surface area contributed by atoms with Crippen LogP contribution in [0.15, 0.2) is 47.3 Å². The average Bonchev–Trinajstić information content (AvgIpc) is 3.17. The molecule has 0 N–H and O–H groups in total. The zero-order chi connectivity index (χ0) is 14.1. The normalized spacial score (nSPS) is 26.3. The molecule has 0 bridgehead atoms. The molecule has 0 amide bonds. The monoisotopic (exact) mass is 283 g/mol. The molecule has 21 heavy (non-hydrogen) atoms. The third-order valence-corrected chi connectivity index (χ3v) is 4.73. The van der Waals surface area contributed by atoms with Gasteiger partial charge in [0.25, 0.3) is 0 Å². The molecule has 4 heterocycles. The van der Waals surface area contributed by atoms with Crippen LogP contribution in [0.4, 0.5) is 0 Å². The molecule has 2 aromatic rings. The molecule has 2 aliphatic heterocycles. The summed E-state index contributed by atoms with van der Waals surface area (Å²) in [7, 11) is 0. The van der Waals surface area contributed by atoms with E-state index < -0.39 is 0 Å². The van der Waals surface area contributed by atoms with Gasteiger partial charge < -0.3 is 4.42 Å². The van der Waals surface area contributed by atoms with Gasteiger partial charge in [0.1, 0.15) is 5.76 Å². The van der Waals surface area contributed by atoms with E-state index in [1.807, 2.05) is 24.5 Å². The summed E-state index contributed by atoms with van der Waals surface area (Å²) < 4.78 is 5.46. The summed E-state index contributed by atoms with van der Waals surface area (Å²) in [6, 6.07) is 8.24. The zero-order valence-electron chi connectivity index (χ0n) is 12.2. The molecule has 2 aliphatic rings. The zero-order valence-corrected chi connectivity index (χ0v) is 12.2. The molecule has 2 unspecified atom stereocenters. The van der Waals surface area contributed by atoms with E-state index in [-0.39, 0.29) is 0 Å². The maximum atomic E-state index is 5.46. The van der Waals surface area contributed by atoms with Gasteiger partial charge in [0.05, 0.1) is 12.8 Å². The van der Waals surface area contributed by atoms with Crippen molar-refractivity contribution in [2.24, 2.45) is 11.8 Å². The molecule has 0 spiro atoms. The largest absolute Gasteiger partial charge is 0.468 e. The summed E-state index contributed by atoms with van der Waals surface area (Å²) >= 11 is 0. The topological polar surface area (TPSA) is 32.5 Å². The summed E-state index contributed by atoms with van der Waals surface area (Å²) in [5.41, 5.74) is 1.32. The van der Waals surface area contributed by atoms with Gasteiger partial charge in [0.15, 0.2) is 0 Å². The molecule has 2 aromatic heterocycles. The van der Waals surface area contributed by atoms with Crippen LogP contribution in [0.25, 0.3) is 0 Å². The van der Waals surface area contributed by atoms with Crippen molar-refractivity contribution in [2.45, 2.75) is 13.1 Å². The highest BCUT2D eigenvalue weighted by molar-refractivity contribution is 5.09. The Balaban J connectivity index is 1.31. The predicted octanol–water partition coefficient (Wildman–Crippen LogP) is 2.24. The summed E-state index contributed by atoms with van der Waals surface area (Å²) in [5.74, 6) is 2.72. The van der Waals surface area contributed by atoms with Crippen molar-refractivity contribution >= 4 is 0 Å². The number of aromatic nitrogens is 1. The highest BCUT2D eigenvalue weighted by Gasteiger charge is 2.39. The van der Waals surface area contributed by atoms with Crippen LogP contribution < -0.4 is 0 Å². The van der Waals surface area contributed by atoms with Crippen molar-refractivity contribution in [3.8, 4) is 0 Å². The van der Waals surface area contributed by atoms with Crippen LogP contribution in [0.5, 0.6) is 0 Å². The number of fused-ring (bicyclic) bond motifs is 1. The van der Waals surface area contributed by atoms with E-state index in [0.717, 1.165) is 30.7 Å². The number of likely N-dealkylation sites (tertiary alicyclic amines) is 2. The van der Waals surface area contributed by atoms with Crippen LogP contribution in [-0.2, 0) is 13.1 Å². The van der Waals surface area contributed by atoms with Crippen molar-refractivity contribution in [3.05, 3.63) is 54.2 Å². The second-order valence-electron chi connectivity index (χ2n) is 6.35. The Kier molecular flexibility index (Phi) is 3.49. The minimum atomic E-state index is 0.816. The first-order valence-corrected chi connectivity index (χ1v) is 7.73. The van der Waals surface area contributed by atoms with Gasteiger partial charge in [-0.2, -0.15) is 0 Å². The van der Waals surface area contributed by atoms with Gasteiger partial charge in [0, 0.05) is 45.1 Å². The number of hydrogen-bond acceptors (Lipinski definition) is 4. The summed E-state index contributed by atoms with van der Waals surface area (Å²) in [6.07, 6.45) is 5.59. The Labute approximate surface area is 125 Å². The molecule has 2 fully saturated rings. The fourth-order valence-corrected chi connectivity index (χ4v) is 3.82. The lowest BCUT2D eigenvalue weighted by atomic mass is 10.0. The average molecular weight is 283 g/mol. The molecular formula is C17H21N3O. The van der Waals surface area contributed by atoms with Gasteiger partial charge in [-0.1, -0.05) is 6.07 Å². The Hall–Kier alpha value is -1.65. The number of rotatable bonds is 4. The minimum Gasteiger partial charge on any atom is -0.468 e. The third-order valence-electron chi connectivity index (χ3n) is 4.73. The maximum Gasteiger partial charge on any atom is 0.117 e. The van der Waals surface area contributed by atoms with Gasteiger partial charge in [-0.3, -0.25) is 14.8 Å². The lowest BCUT2D eigenvalue weighted by Gasteiger charge is -2.20. The van der Waals surface area contributed by atoms with Crippen molar-refractivity contribution in [3.63, 3.8) is 0 Å². The number of nitrogens with zero attached hydrogens (tertiary/aromatic N) is 3. The van der Waals surface area contributed by atoms with Gasteiger partial charge in [-0.05, 0) is 35.6 Å². The summed E-state index contributed by atoms with van der Waals surface area (Å²) in [4.78, 5) is 9.32. The Morgan fingerprint density at radius 2 is 1.76 bits per heavy atom.